The zero-order chi connectivity index (χ0) is 13.1. The summed E-state index contributed by atoms with van der Waals surface area (Å²) in [6.07, 6.45) is 2.78. The third-order valence-electron chi connectivity index (χ3n) is 3.77. The number of amides is 1. The van der Waals surface area contributed by atoms with Gasteiger partial charge in [-0.1, -0.05) is 6.07 Å². The molecule has 4 heteroatoms. The Morgan fingerprint density at radius 2 is 2.11 bits per heavy atom. The molecule has 1 amide bonds. The highest BCUT2D eigenvalue weighted by Gasteiger charge is 2.23. The first-order chi connectivity index (χ1) is 9.33. The molecule has 0 saturated carbocycles. The van der Waals surface area contributed by atoms with E-state index >= 15 is 0 Å². The summed E-state index contributed by atoms with van der Waals surface area (Å²) < 4.78 is 0. The molecule has 0 aromatic carbocycles. The summed E-state index contributed by atoms with van der Waals surface area (Å²) in [6, 6.07) is 6.27. The molecule has 1 fully saturated rings. The molecule has 0 atom stereocenters. The number of carbonyl (C=O) groups is 1. The minimum atomic E-state index is 0.284. The van der Waals surface area contributed by atoms with Gasteiger partial charge in [0.05, 0.1) is 6.42 Å². The third-order valence-corrected chi connectivity index (χ3v) is 5.35. The smallest absolute Gasteiger partial charge is 0.227 e. The van der Waals surface area contributed by atoms with E-state index in [1.165, 1.54) is 10.4 Å². The Morgan fingerprint density at radius 1 is 1.26 bits per heavy atom. The molecule has 3 heterocycles. The Labute approximate surface area is 121 Å². The highest BCUT2D eigenvalue weighted by Crippen LogP contribution is 2.29. The van der Waals surface area contributed by atoms with Crippen molar-refractivity contribution < 1.29 is 4.79 Å². The van der Waals surface area contributed by atoms with Gasteiger partial charge in [-0.3, -0.25) is 4.79 Å². The van der Waals surface area contributed by atoms with Crippen LogP contribution >= 0.6 is 22.7 Å². The predicted molar refractivity (Wildman–Crippen MR) is 80.9 cm³/mol. The Balaban J connectivity index is 1.54. The number of carbonyl (C=O) groups excluding carboxylic acids is 1. The van der Waals surface area contributed by atoms with E-state index in [0.29, 0.717) is 12.3 Å². The molecule has 3 rings (SSSR count). The summed E-state index contributed by atoms with van der Waals surface area (Å²) in [5, 5.41) is 6.42. The van der Waals surface area contributed by atoms with Crippen molar-refractivity contribution >= 4 is 28.6 Å². The monoisotopic (exact) mass is 291 g/mol. The quantitative estimate of drug-likeness (QED) is 0.843. The lowest BCUT2D eigenvalue weighted by Crippen LogP contribution is -2.38. The van der Waals surface area contributed by atoms with E-state index < -0.39 is 0 Å². The number of rotatable bonds is 3. The fourth-order valence-corrected chi connectivity index (χ4v) is 4.08. The lowest BCUT2D eigenvalue weighted by Gasteiger charge is -2.31. The molecule has 2 aromatic rings. The van der Waals surface area contributed by atoms with E-state index in [9.17, 15) is 4.79 Å². The second-order valence-corrected chi connectivity index (χ2v) is 6.78. The average Bonchev–Trinajstić information content (AvgIpc) is 3.12. The van der Waals surface area contributed by atoms with E-state index in [0.717, 1.165) is 25.9 Å². The largest absolute Gasteiger partial charge is 0.342 e. The van der Waals surface area contributed by atoms with Crippen molar-refractivity contribution in [2.45, 2.75) is 25.2 Å². The molecule has 1 saturated heterocycles. The molecule has 19 heavy (non-hydrogen) atoms. The van der Waals surface area contributed by atoms with Crippen molar-refractivity contribution in [1.82, 2.24) is 4.90 Å². The average molecular weight is 291 g/mol. The maximum absolute atomic E-state index is 12.2. The Kier molecular flexibility index (Phi) is 3.99. The Hall–Kier alpha value is -1.13. The van der Waals surface area contributed by atoms with Gasteiger partial charge in [0.2, 0.25) is 5.91 Å². The van der Waals surface area contributed by atoms with Crippen LogP contribution in [0.4, 0.5) is 0 Å². The van der Waals surface area contributed by atoms with Gasteiger partial charge in [-0.25, -0.2) is 0 Å². The number of hydrogen-bond donors (Lipinski definition) is 0. The summed E-state index contributed by atoms with van der Waals surface area (Å²) in [5.74, 6) is 0.934. The fraction of sp³-hybridized carbons (Fsp3) is 0.400. The van der Waals surface area contributed by atoms with Crippen molar-refractivity contribution in [1.29, 1.82) is 0 Å². The van der Waals surface area contributed by atoms with Gasteiger partial charge in [-0.2, -0.15) is 11.3 Å². The molecule has 2 nitrogen and oxygen atoms in total. The molecule has 100 valence electrons. The SMILES string of the molecule is O=C(Cc1cccs1)N1CCC(c2ccsc2)CC1. The van der Waals surface area contributed by atoms with Crippen LogP contribution in [0.15, 0.2) is 34.3 Å². The maximum Gasteiger partial charge on any atom is 0.227 e. The highest BCUT2D eigenvalue weighted by atomic mass is 32.1. The minimum absolute atomic E-state index is 0.284. The summed E-state index contributed by atoms with van der Waals surface area (Å²) >= 11 is 3.43. The number of hydrogen-bond acceptors (Lipinski definition) is 3. The van der Waals surface area contributed by atoms with Gasteiger partial charge in [0.25, 0.3) is 0 Å². The molecular weight excluding hydrogens is 274 g/mol. The van der Waals surface area contributed by atoms with Crippen LogP contribution in [0.2, 0.25) is 0 Å². The highest BCUT2D eigenvalue weighted by molar-refractivity contribution is 7.10. The number of likely N-dealkylation sites (tertiary alicyclic amines) is 1. The third kappa shape index (κ3) is 3.07. The van der Waals surface area contributed by atoms with Gasteiger partial charge in [0.1, 0.15) is 0 Å². The molecule has 0 spiro atoms. The van der Waals surface area contributed by atoms with Crippen LogP contribution in [0, 0.1) is 0 Å². The van der Waals surface area contributed by atoms with Crippen LogP contribution in [0.1, 0.15) is 29.2 Å². The molecule has 0 N–H and O–H groups in total. The van der Waals surface area contributed by atoms with Crippen molar-refractivity contribution in [3.8, 4) is 0 Å². The fourth-order valence-electron chi connectivity index (χ4n) is 2.64. The zero-order valence-corrected chi connectivity index (χ0v) is 12.4. The van der Waals surface area contributed by atoms with E-state index in [2.05, 4.69) is 16.8 Å². The predicted octanol–water partition coefficient (Wildman–Crippen LogP) is 3.76. The van der Waals surface area contributed by atoms with Gasteiger partial charge >= 0.3 is 0 Å². The van der Waals surface area contributed by atoms with Crippen LogP contribution in [-0.4, -0.2) is 23.9 Å². The van der Waals surface area contributed by atoms with Crippen molar-refractivity contribution in [2.75, 3.05) is 13.1 Å². The standard InChI is InChI=1S/C15H17NOS2/c17-15(10-14-2-1-8-19-14)16-6-3-12(4-7-16)13-5-9-18-11-13/h1-2,5,8-9,11-12H,3-4,6-7,10H2. The normalized spacial score (nSPS) is 16.7. The molecule has 2 aromatic heterocycles. The molecular formula is C15H17NOS2. The first-order valence-corrected chi connectivity index (χ1v) is 8.47. The van der Waals surface area contributed by atoms with Crippen LogP contribution in [0.25, 0.3) is 0 Å². The molecule has 0 aliphatic carbocycles. The van der Waals surface area contributed by atoms with Gasteiger partial charge in [0.15, 0.2) is 0 Å². The van der Waals surface area contributed by atoms with E-state index in [1.54, 1.807) is 22.7 Å². The first-order valence-electron chi connectivity index (χ1n) is 6.65. The Morgan fingerprint density at radius 3 is 2.74 bits per heavy atom. The van der Waals surface area contributed by atoms with E-state index in [1.807, 2.05) is 22.4 Å². The molecule has 0 bridgehead atoms. The van der Waals surface area contributed by atoms with Gasteiger partial charge in [0, 0.05) is 18.0 Å². The zero-order valence-electron chi connectivity index (χ0n) is 10.7. The first kappa shape index (κ1) is 12.9. The van der Waals surface area contributed by atoms with Gasteiger partial charge < -0.3 is 4.90 Å². The minimum Gasteiger partial charge on any atom is -0.342 e. The van der Waals surface area contributed by atoms with Crippen molar-refractivity contribution in [2.24, 2.45) is 0 Å². The van der Waals surface area contributed by atoms with Crippen LogP contribution < -0.4 is 0 Å². The van der Waals surface area contributed by atoms with E-state index in [4.69, 9.17) is 0 Å². The van der Waals surface area contributed by atoms with Crippen molar-refractivity contribution in [3.63, 3.8) is 0 Å². The summed E-state index contributed by atoms with van der Waals surface area (Å²) in [6.45, 7) is 1.81. The molecule has 1 aliphatic heterocycles. The van der Waals surface area contributed by atoms with Crippen LogP contribution in [0.3, 0.4) is 0 Å². The maximum atomic E-state index is 12.2. The second kappa shape index (κ2) is 5.88. The molecule has 0 radical (unpaired) electrons. The summed E-state index contributed by atoms with van der Waals surface area (Å²) in [4.78, 5) is 15.4. The topological polar surface area (TPSA) is 20.3 Å². The number of nitrogens with zero attached hydrogens (tertiary/aromatic N) is 1. The second-order valence-electron chi connectivity index (χ2n) is 4.97. The lowest BCUT2D eigenvalue weighted by molar-refractivity contribution is -0.131. The lowest BCUT2D eigenvalue weighted by atomic mass is 9.91. The summed E-state index contributed by atoms with van der Waals surface area (Å²) in [5.41, 5.74) is 1.45. The van der Waals surface area contributed by atoms with Gasteiger partial charge in [-0.05, 0) is 52.6 Å². The van der Waals surface area contributed by atoms with Crippen LogP contribution in [-0.2, 0) is 11.2 Å². The van der Waals surface area contributed by atoms with Gasteiger partial charge in [-0.15, -0.1) is 11.3 Å². The number of piperidine rings is 1. The molecule has 0 unspecified atom stereocenters. The van der Waals surface area contributed by atoms with Crippen LogP contribution in [0.5, 0.6) is 0 Å². The van der Waals surface area contributed by atoms with E-state index in [-0.39, 0.29) is 5.91 Å². The van der Waals surface area contributed by atoms with Crippen molar-refractivity contribution in [3.05, 3.63) is 44.8 Å². The molecule has 1 aliphatic rings. The summed E-state index contributed by atoms with van der Waals surface area (Å²) in [7, 11) is 0. The number of thiophene rings is 2. The Bertz CT molecular complexity index is 510.